The van der Waals surface area contributed by atoms with Crippen molar-refractivity contribution >= 4 is 30.1 Å². The molecule has 1 heterocycles. The molecule has 1 saturated heterocycles. The van der Waals surface area contributed by atoms with Crippen LogP contribution in [-0.2, 0) is 4.79 Å². The highest BCUT2D eigenvalue weighted by Gasteiger charge is 2.43. The number of amides is 1. The van der Waals surface area contributed by atoms with Crippen LogP contribution in [0.5, 0.6) is 0 Å². The van der Waals surface area contributed by atoms with E-state index < -0.39 is 0 Å². The largest absolute Gasteiger partial charge is 0.341 e. The van der Waals surface area contributed by atoms with Crippen molar-refractivity contribution in [3.8, 4) is 0 Å². The van der Waals surface area contributed by atoms with Crippen molar-refractivity contribution < 1.29 is 9.18 Å². The number of carbonyl (C=O) groups excluding carboxylic acids is 1. The first kappa shape index (κ1) is 20.2. The molecule has 2 aromatic rings. The molecule has 4 rings (SSSR count). The van der Waals surface area contributed by atoms with E-state index in [1.165, 1.54) is 23.9 Å². The van der Waals surface area contributed by atoms with E-state index in [0.717, 1.165) is 36.4 Å². The first-order chi connectivity index (χ1) is 12.6. The number of halogens is 2. The Bertz CT molecular complexity index is 774. The Balaban J connectivity index is 0.00000210. The molecule has 4 unspecified atom stereocenters. The summed E-state index contributed by atoms with van der Waals surface area (Å²) in [5.74, 6) is 0.845. The summed E-state index contributed by atoms with van der Waals surface area (Å²) >= 11 is 1.49. The van der Waals surface area contributed by atoms with E-state index in [-0.39, 0.29) is 35.4 Å². The monoisotopic (exact) mass is 406 g/mol. The van der Waals surface area contributed by atoms with Gasteiger partial charge in [0.1, 0.15) is 11.1 Å². The number of hydrogen-bond donors (Lipinski definition) is 1. The molecule has 1 saturated carbocycles. The van der Waals surface area contributed by atoms with E-state index in [1.54, 1.807) is 12.1 Å². The predicted molar refractivity (Wildman–Crippen MR) is 109 cm³/mol. The first-order valence-electron chi connectivity index (χ1n) is 9.13. The van der Waals surface area contributed by atoms with Gasteiger partial charge in [-0.1, -0.05) is 30.3 Å². The van der Waals surface area contributed by atoms with Crippen molar-refractivity contribution in [1.29, 1.82) is 0 Å². The number of benzene rings is 2. The van der Waals surface area contributed by atoms with Crippen molar-refractivity contribution in [2.24, 2.45) is 17.6 Å². The highest BCUT2D eigenvalue weighted by Crippen LogP contribution is 2.41. The molecule has 1 amide bonds. The average molecular weight is 407 g/mol. The van der Waals surface area contributed by atoms with Crippen molar-refractivity contribution in [1.82, 2.24) is 4.90 Å². The zero-order chi connectivity index (χ0) is 18.1. The Hall–Kier alpha value is -1.56. The molecule has 0 aromatic heterocycles. The van der Waals surface area contributed by atoms with Crippen molar-refractivity contribution in [2.75, 3.05) is 13.1 Å². The molecule has 6 heteroatoms. The standard InChI is InChI=1S/C21H23FN2OS.ClH/c22-16-7-9-17(10-8-16)26-20(14-4-2-1-3-5-14)21(25)24-12-15-6-11-19(23)18(15)13-24;/h1-5,7-10,15,18-20H,6,11-13,23H2;1H. The van der Waals surface area contributed by atoms with Gasteiger partial charge in [0.15, 0.2) is 0 Å². The third-order valence-corrected chi connectivity index (χ3v) is 6.87. The molecule has 4 atom stereocenters. The van der Waals surface area contributed by atoms with Gasteiger partial charge in [0.2, 0.25) is 5.91 Å². The van der Waals surface area contributed by atoms with Crippen LogP contribution in [0.4, 0.5) is 4.39 Å². The van der Waals surface area contributed by atoms with E-state index in [9.17, 15) is 9.18 Å². The van der Waals surface area contributed by atoms with Crippen LogP contribution < -0.4 is 5.73 Å². The van der Waals surface area contributed by atoms with E-state index >= 15 is 0 Å². The molecule has 144 valence electrons. The van der Waals surface area contributed by atoms with E-state index in [1.807, 2.05) is 35.2 Å². The van der Waals surface area contributed by atoms with Gasteiger partial charge in [0.05, 0.1) is 0 Å². The Kier molecular flexibility index (Phi) is 6.45. The number of rotatable bonds is 4. The second kappa shape index (κ2) is 8.63. The van der Waals surface area contributed by atoms with Gasteiger partial charge in [0.25, 0.3) is 0 Å². The quantitative estimate of drug-likeness (QED) is 0.771. The molecule has 2 fully saturated rings. The topological polar surface area (TPSA) is 46.3 Å². The second-order valence-electron chi connectivity index (χ2n) is 7.27. The lowest BCUT2D eigenvalue weighted by Crippen LogP contribution is -2.35. The predicted octanol–water partition coefficient (Wildman–Crippen LogP) is 4.28. The maximum absolute atomic E-state index is 13.3. The van der Waals surface area contributed by atoms with Crippen LogP contribution in [0.1, 0.15) is 23.7 Å². The molecule has 2 aromatic carbocycles. The number of carbonyl (C=O) groups is 1. The van der Waals surface area contributed by atoms with E-state index in [4.69, 9.17) is 5.73 Å². The first-order valence-corrected chi connectivity index (χ1v) is 10.0. The van der Waals surface area contributed by atoms with Crippen LogP contribution in [0.25, 0.3) is 0 Å². The number of nitrogens with zero attached hydrogens (tertiary/aromatic N) is 1. The minimum Gasteiger partial charge on any atom is -0.341 e. The van der Waals surface area contributed by atoms with E-state index in [0.29, 0.717) is 11.8 Å². The Morgan fingerprint density at radius 2 is 1.78 bits per heavy atom. The van der Waals surface area contributed by atoms with Gasteiger partial charge in [-0.25, -0.2) is 4.39 Å². The molecule has 1 aliphatic carbocycles. The summed E-state index contributed by atoms with van der Waals surface area (Å²) in [4.78, 5) is 16.2. The van der Waals surface area contributed by atoms with Crippen LogP contribution in [0.15, 0.2) is 59.5 Å². The highest BCUT2D eigenvalue weighted by molar-refractivity contribution is 8.00. The molecule has 2 N–H and O–H groups in total. The smallest absolute Gasteiger partial charge is 0.240 e. The molecule has 3 nitrogen and oxygen atoms in total. The van der Waals surface area contributed by atoms with Gasteiger partial charge in [-0.05, 0) is 54.5 Å². The van der Waals surface area contributed by atoms with Crippen molar-refractivity contribution in [2.45, 2.75) is 29.0 Å². The summed E-state index contributed by atoms with van der Waals surface area (Å²) in [6.07, 6.45) is 2.19. The molecule has 0 spiro atoms. The zero-order valence-electron chi connectivity index (χ0n) is 15.0. The van der Waals surface area contributed by atoms with Crippen LogP contribution in [0, 0.1) is 17.7 Å². The molecule has 0 bridgehead atoms. The third-order valence-electron chi connectivity index (χ3n) is 5.62. The minimum atomic E-state index is -0.322. The number of nitrogens with two attached hydrogens (primary N) is 1. The van der Waals surface area contributed by atoms with Crippen LogP contribution in [0.3, 0.4) is 0 Å². The van der Waals surface area contributed by atoms with Gasteiger partial charge < -0.3 is 10.6 Å². The summed E-state index contributed by atoms with van der Waals surface area (Å²) in [6.45, 7) is 1.57. The lowest BCUT2D eigenvalue weighted by atomic mass is 9.98. The van der Waals surface area contributed by atoms with Gasteiger partial charge >= 0.3 is 0 Å². The zero-order valence-corrected chi connectivity index (χ0v) is 16.6. The molecule has 2 aliphatic rings. The maximum Gasteiger partial charge on any atom is 0.240 e. The van der Waals surface area contributed by atoms with Crippen LogP contribution in [0.2, 0.25) is 0 Å². The molecule has 27 heavy (non-hydrogen) atoms. The lowest BCUT2D eigenvalue weighted by Gasteiger charge is -2.25. The van der Waals surface area contributed by atoms with Crippen LogP contribution >= 0.6 is 24.2 Å². The fourth-order valence-electron chi connectivity index (χ4n) is 4.19. The minimum absolute atomic E-state index is 0. The number of fused-ring (bicyclic) bond motifs is 1. The molecule has 0 radical (unpaired) electrons. The fourth-order valence-corrected chi connectivity index (χ4v) is 5.30. The van der Waals surface area contributed by atoms with Gasteiger partial charge in [-0.2, -0.15) is 0 Å². The van der Waals surface area contributed by atoms with Crippen molar-refractivity contribution in [3.05, 3.63) is 66.0 Å². The Morgan fingerprint density at radius 1 is 1.07 bits per heavy atom. The maximum atomic E-state index is 13.3. The number of likely N-dealkylation sites (tertiary alicyclic amines) is 1. The van der Waals surface area contributed by atoms with Gasteiger partial charge in [-0.15, -0.1) is 24.2 Å². The summed E-state index contributed by atoms with van der Waals surface area (Å²) < 4.78 is 13.2. The summed E-state index contributed by atoms with van der Waals surface area (Å²) in [7, 11) is 0. The lowest BCUT2D eigenvalue weighted by molar-refractivity contribution is -0.130. The fraction of sp³-hybridized carbons (Fsp3) is 0.381. The van der Waals surface area contributed by atoms with Gasteiger partial charge in [-0.3, -0.25) is 4.79 Å². The molecular weight excluding hydrogens is 383 g/mol. The number of hydrogen-bond acceptors (Lipinski definition) is 3. The number of thioether (sulfide) groups is 1. The summed E-state index contributed by atoms with van der Waals surface area (Å²) in [5, 5.41) is -0.322. The Labute approximate surface area is 169 Å². The molecule has 1 aliphatic heterocycles. The van der Waals surface area contributed by atoms with Crippen LogP contribution in [-0.4, -0.2) is 29.9 Å². The van der Waals surface area contributed by atoms with Crippen molar-refractivity contribution in [3.63, 3.8) is 0 Å². The van der Waals surface area contributed by atoms with E-state index in [2.05, 4.69) is 0 Å². The summed E-state index contributed by atoms with van der Waals surface area (Å²) in [6, 6.07) is 16.4. The highest BCUT2D eigenvalue weighted by atomic mass is 35.5. The normalized spacial score (nSPS) is 25.0. The SMILES string of the molecule is Cl.NC1CCC2CN(C(=O)C(Sc3ccc(F)cc3)c3ccccc3)CC12. The van der Waals surface area contributed by atoms with Gasteiger partial charge in [0, 0.05) is 24.0 Å². The molecular formula is C21H24ClFN2OS. The second-order valence-corrected chi connectivity index (χ2v) is 8.45. The Morgan fingerprint density at radius 3 is 2.44 bits per heavy atom. The summed E-state index contributed by atoms with van der Waals surface area (Å²) in [5.41, 5.74) is 7.21. The average Bonchev–Trinajstić information content (AvgIpc) is 3.24. The third kappa shape index (κ3) is 4.31.